The van der Waals surface area contributed by atoms with Gasteiger partial charge in [-0.1, -0.05) is 67.1 Å². The molecule has 1 atom stereocenters. The van der Waals surface area contributed by atoms with E-state index >= 15 is 13.2 Å². The van der Waals surface area contributed by atoms with Crippen LogP contribution in [0.15, 0.2) is 60.7 Å². The van der Waals surface area contributed by atoms with Crippen molar-refractivity contribution in [3.63, 3.8) is 0 Å². The number of esters is 4. The van der Waals surface area contributed by atoms with Crippen LogP contribution in [0.4, 0.5) is 13.2 Å². The van der Waals surface area contributed by atoms with Crippen molar-refractivity contribution in [1.29, 1.82) is 0 Å². The number of halogens is 3. The van der Waals surface area contributed by atoms with E-state index in [9.17, 15) is 19.2 Å². The second-order valence-corrected chi connectivity index (χ2v) is 25.2. The number of hydrogen-bond donors (Lipinski definition) is 0. The van der Waals surface area contributed by atoms with Crippen molar-refractivity contribution in [3.8, 4) is 16.9 Å². The maximum Gasteiger partial charge on any atom is 0.417 e. The Bertz CT molecular complexity index is 2570. The van der Waals surface area contributed by atoms with Crippen molar-refractivity contribution < 1.29 is 65.5 Å². The molecule has 0 N–H and O–H groups in total. The van der Waals surface area contributed by atoms with Gasteiger partial charge >= 0.3 is 30.1 Å². The lowest BCUT2D eigenvalue weighted by Gasteiger charge is -2.38. The second-order valence-electron chi connectivity index (χ2n) is 25.2. The van der Waals surface area contributed by atoms with Crippen molar-refractivity contribution in [3.05, 3.63) is 88.5 Å². The van der Waals surface area contributed by atoms with Crippen LogP contribution >= 0.6 is 0 Å². The smallest absolute Gasteiger partial charge is 0.417 e. The molecule has 16 nitrogen and oxygen atoms in total. The third-order valence-corrected chi connectivity index (χ3v) is 13.1. The summed E-state index contributed by atoms with van der Waals surface area (Å²) in [6.45, 7) is 27.7. The topological polar surface area (TPSA) is 149 Å². The van der Waals surface area contributed by atoms with Gasteiger partial charge in [0.25, 0.3) is 0 Å². The first-order valence-electron chi connectivity index (χ1n) is 28.7. The quantitative estimate of drug-likeness (QED) is 0.0406. The van der Waals surface area contributed by atoms with Gasteiger partial charge in [-0.2, -0.15) is 13.2 Å². The van der Waals surface area contributed by atoms with Crippen molar-refractivity contribution in [2.24, 2.45) is 0 Å². The minimum absolute atomic E-state index is 0.0151. The number of nitrogens with zero attached hydrogens (tertiary/aromatic N) is 5. The molecule has 0 unspecified atom stereocenters. The van der Waals surface area contributed by atoms with Crippen molar-refractivity contribution in [2.45, 2.75) is 150 Å². The third-order valence-electron chi connectivity index (χ3n) is 13.1. The molecule has 0 radical (unpaired) electrons. The molecular formula is C63H92F3N5O11. The fourth-order valence-corrected chi connectivity index (χ4v) is 9.66. The normalized spacial score (nSPS) is 17.4. The molecule has 0 bridgehead atoms. The predicted octanol–water partition coefficient (Wildman–Crippen LogP) is 10.1. The average molecular weight is 1150 g/mol. The minimum Gasteiger partial charge on any atom is -0.491 e. The van der Waals surface area contributed by atoms with Crippen LogP contribution in [-0.4, -0.2) is 182 Å². The Morgan fingerprint density at radius 3 is 1.68 bits per heavy atom. The van der Waals surface area contributed by atoms with E-state index in [0.29, 0.717) is 52.4 Å². The zero-order valence-corrected chi connectivity index (χ0v) is 51.0. The van der Waals surface area contributed by atoms with E-state index in [1.807, 2.05) is 117 Å². The number of likely N-dealkylation sites (tertiary alicyclic amines) is 1. The number of rotatable bonds is 22. The lowest BCUT2D eigenvalue weighted by atomic mass is 9.95. The average Bonchev–Trinajstić information content (AvgIpc) is 3.55. The van der Waals surface area contributed by atoms with Gasteiger partial charge in [-0.15, -0.1) is 0 Å². The Labute approximate surface area is 485 Å². The summed E-state index contributed by atoms with van der Waals surface area (Å²) in [5.41, 5.74) is 0.238. The fourth-order valence-electron chi connectivity index (χ4n) is 9.66. The largest absolute Gasteiger partial charge is 0.491 e. The molecule has 2 aliphatic heterocycles. The second kappa shape index (κ2) is 30.4. The lowest BCUT2D eigenvalue weighted by molar-refractivity contribution is -0.163. The fraction of sp³-hybridized carbons (Fsp3) is 0.619. The van der Waals surface area contributed by atoms with E-state index < -0.39 is 58.1 Å². The maximum absolute atomic E-state index is 15.1. The zero-order chi connectivity index (χ0) is 60.5. The summed E-state index contributed by atoms with van der Waals surface area (Å²) in [6.07, 6.45) is 0.543. The highest BCUT2D eigenvalue weighted by Gasteiger charge is 2.37. The molecule has 19 heteroatoms. The van der Waals surface area contributed by atoms with Gasteiger partial charge in [0.05, 0.1) is 65.0 Å². The number of carbonyl (C=O) groups is 4. The standard InChI is InChI=1S/C63H92F3N5O11/c1-46-47(22-19-23-51(46)48-20-15-14-16-21-48)25-26-49-39-54(50(38-52(49)63(64,65)66)40-71-27-18-17-24-53(71)58(75)82-62(11,12)13)78-37-36-77-35-34-76-33-32-68-30-28-67(41-55(72)79-59(2,3)4)29-31-69(42-56(73)80-60(5,6)7)45-70(44-68)43-57(74)81-61(8,9)10/h14-16,19-23,25-26,38-39,53H,17-18,24,27-37,40-45H2,1-13H3/b26-25+/t53-/m0/s1. The summed E-state index contributed by atoms with van der Waals surface area (Å²) in [5, 5.41) is 0. The van der Waals surface area contributed by atoms with Gasteiger partial charge in [0, 0.05) is 44.8 Å². The summed E-state index contributed by atoms with van der Waals surface area (Å²) in [5.74, 6) is -1.36. The lowest BCUT2D eigenvalue weighted by Crippen LogP contribution is -2.53. The molecule has 82 heavy (non-hydrogen) atoms. The molecule has 0 saturated carbocycles. The van der Waals surface area contributed by atoms with Crippen LogP contribution in [0.2, 0.25) is 0 Å². The van der Waals surface area contributed by atoms with E-state index in [1.54, 1.807) is 47.6 Å². The van der Waals surface area contributed by atoms with Gasteiger partial charge < -0.3 is 33.2 Å². The molecule has 2 saturated heterocycles. The summed E-state index contributed by atoms with van der Waals surface area (Å²) < 4.78 is 86.6. The van der Waals surface area contributed by atoms with Crippen LogP contribution < -0.4 is 4.74 Å². The maximum atomic E-state index is 15.1. The highest BCUT2D eigenvalue weighted by molar-refractivity contribution is 5.79. The number of alkyl halides is 3. The van der Waals surface area contributed by atoms with E-state index in [0.717, 1.165) is 41.2 Å². The highest BCUT2D eigenvalue weighted by atomic mass is 19.4. The molecule has 0 aliphatic carbocycles. The molecule has 0 spiro atoms. The number of ether oxygens (including phenoxy) is 7. The van der Waals surface area contributed by atoms with Gasteiger partial charge in [0.15, 0.2) is 0 Å². The number of benzene rings is 3. The Morgan fingerprint density at radius 2 is 1.09 bits per heavy atom. The van der Waals surface area contributed by atoms with E-state index in [-0.39, 0.29) is 88.7 Å². The number of piperidine rings is 1. The minimum atomic E-state index is -4.71. The summed E-state index contributed by atoms with van der Waals surface area (Å²) in [6, 6.07) is 17.5. The van der Waals surface area contributed by atoms with Gasteiger partial charge in [0.2, 0.25) is 0 Å². The summed E-state index contributed by atoms with van der Waals surface area (Å²) in [4.78, 5) is 62.9. The van der Waals surface area contributed by atoms with Crippen LogP contribution in [0.3, 0.4) is 0 Å². The highest BCUT2D eigenvalue weighted by Crippen LogP contribution is 2.39. The van der Waals surface area contributed by atoms with Crippen LogP contribution in [0, 0.1) is 6.92 Å². The first-order valence-corrected chi connectivity index (χ1v) is 28.7. The Balaban J connectivity index is 1.29. The van der Waals surface area contributed by atoms with Crippen LogP contribution in [0.1, 0.15) is 130 Å². The summed E-state index contributed by atoms with van der Waals surface area (Å²) in [7, 11) is 0. The molecule has 5 rings (SSSR count). The monoisotopic (exact) mass is 1150 g/mol. The summed E-state index contributed by atoms with van der Waals surface area (Å²) >= 11 is 0. The van der Waals surface area contributed by atoms with Gasteiger partial charge in [-0.05, 0) is 149 Å². The first-order chi connectivity index (χ1) is 38.3. The van der Waals surface area contributed by atoms with Crippen molar-refractivity contribution >= 4 is 36.0 Å². The van der Waals surface area contributed by atoms with Gasteiger partial charge in [-0.25, -0.2) is 0 Å². The van der Waals surface area contributed by atoms with Gasteiger partial charge in [-0.3, -0.25) is 43.7 Å². The van der Waals surface area contributed by atoms with E-state index in [1.165, 1.54) is 12.1 Å². The van der Waals surface area contributed by atoms with Crippen molar-refractivity contribution in [2.75, 3.05) is 105 Å². The van der Waals surface area contributed by atoms with Gasteiger partial charge in [0.1, 0.15) is 40.8 Å². The Morgan fingerprint density at radius 1 is 0.561 bits per heavy atom. The molecule has 3 aromatic carbocycles. The molecule has 3 aromatic rings. The van der Waals surface area contributed by atoms with E-state index in [4.69, 9.17) is 33.2 Å². The number of hydrogen-bond acceptors (Lipinski definition) is 16. The molecule has 0 aromatic heterocycles. The Hall–Kier alpha value is -5.41. The molecule has 2 fully saturated rings. The Kier molecular flexibility index (Phi) is 25.0. The van der Waals surface area contributed by atoms with Crippen LogP contribution in [-0.2, 0) is 60.3 Å². The SMILES string of the molecule is Cc1c(/C=C/c2cc(OCCOCCOCCN3CCN(CC(=O)OC(C)(C)C)CCN(CC(=O)OC(C)(C)C)CN(CC(=O)OC(C)(C)C)C3)c(CN3CCCC[C@H]3C(=O)OC(C)(C)C)cc2C(F)(F)F)cccc1-c1ccccc1. The van der Waals surface area contributed by atoms with Crippen molar-refractivity contribution in [1.82, 2.24) is 24.5 Å². The van der Waals surface area contributed by atoms with E-state index in [2.05, 4.69) is 4.90 Å². The molecule has 0 amide bonds. The molecule has 2 aliphatic rings. The van der Waals surface area contributed by atoms with Crippen LogP contribution in [0.25, 0.3) is 23.3 Å². The third kappa shape index (κ3) is 24.4. The molecule has 456 valence electrons. The predicted molar refractivity (Wildman–Crippen MR) is 312 cm³/mol. The molecular weight excluding hydrogens is 1060 g/mol. The first kappa shape index (κ1) is 67.4. The zero-order valence-electron chi connectivity index (χ0n) is 51.0. The number of carbonyl (C=O) groups excluding carboxylic acids is 4. The van der Waals surface area contributed by atoms with Crippen LogP contribution in [0.5, 0.6) is 5.75 Å². The molecule has 2 heterocycles.